The molecule has 0 aromatic heterocycles. The number of nitrogens with zero attached hydrogens (tertiary/aromatic N) is 3. The summed E-state index contributed by atoms with van der Waals surface area (Å²) in [6.07, 6.45) is -1.74. The number of phenols is 1. The van der Waals surface area contributed by atoms with E-state index >= 15 is 0 Å². The monoisotopic (exact) mass is 449 g/mol. The molecule has 1 aromatic rings. The number of methoxy groups -OCH3 is 1. The summed E-state index contributed by atoms with van der Waals surface area (Å²) in [7, 11) is 1.51. The molecule has 3 amide bonds. The molecular weight excluding hydrogens is 422 g/mol. The Morgan fingerprint density at radius 1 is 1.22 bits per heavy atom. The molecule has 1 aromatic carbocycles. The van der Waals surface area contributed by atoms with E-state index < -0.39 is 29.8 Å². The molecule has 2 atom stereocenters. The highest BCUT2D eigenvalue weighted by Crippen LogP contribution is 2.38. The van der Waals surface area contributed by atoms with Gasteiger partial charge in [-0.1, -0.05) is 12.1 Å². The fourth-order valence-corrected chi connectivity index (χ4v) is 4.52. The highest BCUT2D eigenvalue weighted by Gasteiger charge is 2.59. The number of piperazine rings is 1. The van der Waals surface area contributed by atoms with Crippen LogP contribution in [0, 0.1) is 0 Å². The highest BCUT2D eigenvalue weighted by molar-refractivity contribution is 5.94. The molecule has 3 saturated heterocycles. The smallest absolute Gasteiger partial charge is 0.433 e. The van der Waals surface area contributed by atoms with Gasteiger partial charge in [0.1, 0.15) is 11.8 Å². The van der Waals surface area contributed by atoms with Gasteiger partial charge in [0.15, 0.2) is 11.8 Å². The summed E-state index contributed by atoms with van der Waals surface area (Å²) in [6.45, 7) is 1.03. The Kier molecular flexibility index (Phi) is 6.22. The van der Waals surface area contributed by atoms with Crippen LogP contribution in [0.15, 0.2) is 24.3 Å². The predicted octanol–water partition coefficient (Wildman–Crippen LogP) is 0.421. The van der Waals surface area contributed by atoms with E-state index in [1.807, 2.05) is 0 Å². The molecule has 3 heterocycles. The van der Waals surface area contributed by atoms with Crippen molar-refractivity contribution in [1.82, 2.24) is 14.9 Å². The molecule has 174 valence electrons. The zero-order chi connectivity index (χ0) is 22.9. The third-order valence-electron chi connectivity index (χ3n) is 6.23. The zero-order valence-electron chi connectivity index (χ0n) is 17.8. The summed E-state index contributed by atoms with van der Waals surface area (Å²) in [5.41, 5.74) is -0.648. The Morgan fingerprint density at radius 2 is 1.91 bits per heavy atom. The van der Waals surface area contributed by atoms with Crippen molar-refractivity contribution in [2.45, 2.75) is 37.1 Å². The van der Waals surface area contributed by atoms with E-state index in [0.717, 1.165) is 10.6 Å². The second-order valence-corrected chi connectivity index (χ2v) is 8.16. The number of hydrogen-bond donors (Lipinski definition) is 2. The Labute approximate surface area is 185 Å². The van der Waals surface area contributed by atoms with E-state index in [4.69, 9.17) is 14.3 Å². The minimum absolute atomic E-state index is 0.0150. The van der Waals surface area contributed by atoms with Crippen molar-refractivity contribution < 1.29 is 38.9 Å². The number of hydroxylamine groups is 2. The van der Waals surface area contributed by atoms with Gasteiger partial charge in [0.2, 0.25) is 5.91 Å². The van der Waals surface area contributed by atoms with Crippen molar-refractivity contribution in [1.29, 1.82) is 0 Å². The Hall–Kier alpha value is -2.89. The normalized spacial score (nSPS) is 25.2. The molecule has 4 rings (SSSR count). The third-order valence-corrected chi connectivity index (χ3v) is 6.23. The highest BCUT2D eigenvalue weighted by atomic mass is 16.7. The van der Waals surface area contributed by atoms with Gasteiger partial charge < -0.3 is 29.5 Å². The average molecular weight is 449 g/mol. The maximum atomic E-state index is 13.7. The maximum Gasteiger partial charge on any atom is 0.433 e. The van der Waals surface area contributed by atoms with Crippen molar-refractivity contribution in [3.05, 3.63) is 29.8 Å². The van der Waals surface area contributed by atoms with Crippen molar-refractivity contribution >= 4 is 17.9 Å². The zero-order valence-corrected chi connectivity index (χ0v) is 17.8. The summed E-state index contributed by atoms with van der Waals surface area (Å²) >= 11 is 0. The Balaban J connectivity index is 1.73. The van der Waals surface area contributed by atoms with Gasteiger partial charge in [-0.25, -0.2) is 9.63 Å². The summed E-state index contributed by atoms with van der Waals surface area (Å²) < 4.78 is 10.5. The number of amides is 3. The standard InChI is InChI=1S/C21H27N3O8/c1-30-11-8-22-13-17-23(16(18(22)26)12-14-2-4-15(25)5-3-14)19(27)21(6-9-31-10-7-21)32-24(17)20(28)29/h2-5,16-17,25H,6-13H2,1H3,(H,28,29)/t16-,17?/m0/s1. The third kappa shape index (κ3) is 3.98. The largest absolute Gasteiger partial charge is 0.508 e. The van der Waals surface area contributed by atoms with Gasteiger partial charge in [0.05, 0.1) is 13.2 Å². The van der Waals surface area contributed by atoms with Crippen LogP contribution in [0.1, 0.15) is 18.4 Å². The van der Waals surface area contributed by atoms with Gasteiger partial charge in [0, 0.05) is 46.1 Å². The minimum Gasteiger partial charge on any atom is -0.508 e. The molecule has 3 fully saturated rings. The number of aromatic hydroxyl groups is 1. The first-order valence-corrected chi connectivity index (χ1v) is 10.5. The second-order valence-electron chi connectivity index (χ2n) is 8.16. The van der Waals surface area contributed by atoms with E-state index in [1.54, 1.807) is 12.1 Å². The number of fused-ring (bicyclic) bond motifs is 1. The molecule has 1 spiro atoms. The lowest BCUT2D eigenvalue weighted by Crippen LogP contribution is -2.77. The first kappa shape index (κ1) is 22.3. The minimum atomic E-state index is -1.38. The van der Waals surface area contributed by atoms with Crippen LogP contribution >= 0.6 is 0 Å². The lowest BCUT2D eigenvalue weighted by molar-refractivity contribution is -0.308. The summed E-state index contributed by atoms with van der Waals surface area (Å²) in [5.74, 6) is -0.593. The van der Waals surface area contributed by atoms with Gasteiger partial charge >= 0.3 is 6.09 Å². The van der Waals surface area contributed by atoms with Crippen molar-refractivity contribution in [2.24, 2.45) is 0 Å². The number of phenolic OH excluding ortho intramolecular Hbond substituents is 1. The van der Waals surface area contributed by atoms with Crippen LogP contribution in [-0.2, 0) is 30.3 Å². The SMILES string of the molecule is COCCN1CC2N(C(=O)O)OC3(CCOCC3)C(=O)N2[C@@H](Cc2ccc(O)cc2)C1=O. The van der Waals surface area contributed by atoms with Gasteiger partial charge in [-0.2, -0.15) is 5.06 Å². The quantitative estimate of drug-likeness (QED) is 0.662. The lowest BCUT2D eigenvalue weighted by atomic mass is 9.88. The van der Waals surface area contributed by atoms with Crippen LogP contribution in [0.3, 0.4) is 0 Å². The number of rotatable bonds is 5. The number of hydrogen-bond acceptors (Lipinski definition) is 7. The van der Waals surface area contributed by atoms with Crippen molar-refractivity contribution in [3.63, 3.8) is 0 Å². The van der Waals surface area contributed by atoms with Crippen molar-refractivity contribution in [2.75, 3.05) is 40.0 Å². The molecule has 32 heavy (non-hydrogen) atoms. The van der Waals surface area contributed by atoms with E-state index in [-0.39, 0.29) is 63.8 Å². The molecule has 0 bridgehead atoms. The molecule has 1 unspecified atom stereocenters. The first-order chi connectivity index (χ1) is 15.4. The topological polar surface area (TPSA) is 129 Å². The van der Waals surface area contributed by atoms with Gasteiger partial charge in [-0.05, 0) is 17.7 Å². The fraction of sp³-hybridized carbons (Fsp3) is 0.571. The van der Waals surface area contributed by atoms with Crippen LogP contribution < -0.4 is 0 Å². The molecule has 11 nitrogen and oxygen atoms in total. The Morgan fingerprint density at radius 3 is 2.53 bits per heavy atom. The van der Waals surface area contributed by atoms with E-state index in [9.17, 15) is 24.6 Å². The maximum absolute atomic E-state index is 13.7. The van der Waals surface area contributed by atoms with Crippen LogP contribution in [0.2, 0.25) is 0 Å². The molecule has 0 aliphatic carbocycles. The molecule has 11 heteroatoms. The van der Waals surface area contributed by atoms with Gasteiger partial charge in [-0.15, -0.1) is 0 Å². The molecule has 3 aliphatic heterocycles. The summed E-state index contributed by atoms with van der Waals surface area (Å²) in [5, 5.41) is 20.3. The van der Waals surface area contributed by atoms with Gasteiger partial charge in [-0.3, -0.25) is 9.59 Å². The van der Waals surface area contributed by atoms with E-state index in [0.29, 0.717) is 0 Å². The lowest BCUT2D eigenvalue weighted by Gasteiger charge is -2.56. The predicted molar refractivity (Wildman–Crippen MR) is 108 cm³/mol. The second kappa shape index (κ2) is 8.93. The summed E-state index contributed by atoms with van der Waals surface area (Å²) in [6, 6.07) is 5.44. The number of carbonyl (C=O) groups excluding carboxylic acids is 2. The number of benzene rings is 1. The summed E-state index contributed by atoms with van der Waals surface area (Å²) in [4.78, 5) is 48.0. The first-order valence-electron chi connectivity index (χ1n) is 10.5. The molecule has 3 aliphatic rings. The molecule has 2 N–H and O–H groups in total. The van der Waals surface area contributed by atoms with Gasteiger partial charge in [0.25, 0.3) is 5.91 Å². The van der Waals surface area contributed by atoms with Crippen LogP contribution in [0.4, 0.5) is 4.79 Å². The fourth-order valence-electron chi connectivity index (χ4n) is 4.52. The number of carboxylic acid groups (broad SMARTS) is 1. The van der Waals surface area contributed by atoms with Crippen LogP contribution in [0.25, 0.3) is 0 Å². The molecule has 0 radical (unpaired) electrons. The number of carbonyl (C=O) groups is 3. The molecular formula is C21H27N3O8. The molecule has 0 saturated carbocycles. The van der Waals surface area contributed by atoms with Crippen LogP contribution in [0.5, 0.6) is 5.75 Å². The van der Waals surface area contributed by atoms with E-state index in [2.05, 4.69) is 0 Å². The Bertz CT molecular complexity index is 870. The van der Waals surface area contributed by atoms with E-state index in [1.165, 1.54) is 29.0 Å². The van der Waals surface area contributed by atoms with Crippen molar-refractivity contribution in [3.8, 4) is 5.75 Å². The number of ether oxygens (including phenoxy) is 2. The average Bonchev–Trinajstić information content (AvgIpc) is 2.79. The van der Waals surface area contributed by atoms with Crippen LogP contribution in [-0.4, -0.2) is 101 Å².